The summed E-state index contributed by atoms with van der Waals surface area (Å²) < 4.78 is 12.5. The van der Waals surface area contributed by atoms with Gasteiger partial charge in [-0.25, -0.2) is 0 Å². The van der Waals surface area contributed by atoms with Crippen molar-refractivity contribution in [2.24, 2.45) is 11.8 Å². The second kappa shape index (κ2) is 14.4. The summed E-state index contributed by atoms with van der Waals surface area (Å²) >= 11 is 0. The van der Waals surface area contributed by atoms with Crippen molar-refractivity contribution in [3.05, 3.63) is 85.5 Å². The standard InChI is InChI=1S/C38H49N3O6/c1-6-10-24-39(22-7-2)36(45)33-38-21-20-37(5,47-38)31(34(43)40(23-8-3)28-16-18-30(19-17-28)46-9-4)32(38)35(44)41(33)29(26-42)25-27-14-12-11-13-15-27/h7-8,11-19,29,31-33,42H,2-3,6,9-10,20-26H2,1,4-5H3/t29-,31+,32+,33?,37-,38?/m1/s1. The number of unbranched alkanes of at least 4 members (excludes halogenated alkanes) is 1. The molecule has 9 nitrogen and oxygen atoms in total. The van der Waals surface area contributed by atoms with E-state index in [1.165, 1.54) is 0 Å². The van der Waals surface area contributed by atoms with Gasteiger partial charge in [0, 0.05) is 25.3 Å². The topological polar surface area (TPSA) is 99.6 Å². The van der Waals surface area contributed by atoms with Crippen molar-refractivity contribution in [1.82, 2.24) is 9.80 Å². The molecule has 2 unspecified atom stereocenters. The maximum absolute atomic E-state index is 14.9. The average Bonchev–Trinajstić information content (AvgIpc) is 3.65. The smallest absolute Gasteiger partial charge is 0.248 e. The van der Waals surface area contributed by atoms with Crippen LogP contribution in [0.1, 0.15) is 52.0 Å². The van der Waals surface area contributed by atoms with Crippen molar-refractivity contribution in [2.45, 2.75) is 76.2 Å². The molecule has 2 bridgehead atoms. The number of hydrogen-bond acceptors (Lipinski definition) is 6. The molecule has 252 valence electrons. The first kappa shape index (κ1) is 34.4. The van der Waals surface area contributed by atoms with Crippen LogP contribution in [0.2, 0.25) is 0 Å². The fraction of sp³-hybridized carbons (Fsp3) is 0.500. The van der Waals surface area contributed by atoms with Crippen molar-refractivity contribution in [1.29, 1.82) is 0 Å². The van der Waals surface area contributed by atoms with E-state index in [0.717, 1.165) is 18.4 Å². The molecule has 9 heteroatoms. The van der Waals surface area contributed by atoms with Crippen LogP contribution in [0.5, 0.6) is 5.75 Å². The number of aliphatic hydroxyl groups is 1. The monoisotopic (exact) mass is 643 g/mol. The van der Waals surface area contributed by atoms with E-state index in [4.69, 9.17) is 9.47 Å². The van der Waals surface area contributed by atoms with Gasteiger partial charge in [0.1, 0.15) is 17.4 Å². The normalized spacial score (nSPS) is 26.5. The number of carbonyl (C=O) groups excluding carboxylic acids is 3. The Morgan fingerprint density at radius 2 is 1.77 bits per heavy atom. The molecule has 1 N–H and O–H groups in total. The number of anilines is 1. The van der Waals surface area contributed by atoms with Gasteiger partial charge in [0.05, 0.1) is 36.7 Å². The third-order valence-corrected chi connectivity index (χ3v) is 10.1. The minimum absolute atomic E-state index is 0.229. The Bertz CT molecular complexity index is 1450. The minimum atomic E-state index is -1.21. The molecule has 5 rings (SSSR count). The van der Waals surface area contributed by atoms with E-state index in [1.54, 1.807) is 26.9 Å². The predicted molar refractivity (Wildman–Crippen MR) is 182 cm³/mol. The Morgan fingerprint density at radius 1 is 1.06 bits per heavy atom. The maximum Gasteiger partial charge on any atom is 0.248 e. The van der Waals surface area contributed by atoms with E-state index >= 15 is 0 Å². The van der Waals surface area contributed by atoms with Gasteiger partial charge in [0.15, 0.2) is 0 Å². The van der Waals surface area contributed by atoms with Gasteiger partial charge >= 0.3 is 0 Å². The van der Waals surface area contributed by atoms with Gasteiger partial charge in [-0.1, -0.05) is 55.8 Å². The molecular weight excluding hydrogens is 594 g/mol. The van der Waals surface area contributed by atoms with E-state index < -0.39 is 35.1 Å². The van der Waals surface area contributed by atoms with E-state index in [0.29, 0.717) is 50.4 Å². The van der Waals surface area contributed by atoms with E-state index in [-0.39, 0.29) is 30.9 Å². The van der Waals surface area contributed by atoms with Crippen molar-refractivity contribution >= 4 is 23.4 Å². The summed E-state index contributed by atoms with van der Waals surface area (Å²) in [5, 5.41) is 10.8. The highest BCUT2D eigenvalue weighted by molar-refractivity contribution is 6.03. The third-order valence-electron chi connectivity index (χ3n) is 10.1. The number of benzene rings is 2. The van der Waals surface area contributed by atoms with Gasteiger partial charge < -0.3 is 29.3 Å². The summed E-state index contributed by atoms with van der Waals surface area (Å²) in [6, 6.07) is 15.3. The summed E-state index contributed by atoms with van der Waals surface area (Å²) in [7, 11) is 0. The Labute approximate surface area is 278 Å². The molecule has 0 radical (unpaired) electrons. The zero-order valence-electron chi connectivity index (χ0n) is 28.0. The zero-order chi connectivity index (χ0) is 33.8. The molecule has 3 aliphatic rings. The Kier molecular flexibility index (Phi) is 10.6. The van der Waals surface area contributed by atoms with Gasteiger partial charge in [-0.2, -0.15) is 0 Å². The van der Waals surface area contributed by atoms with Gasteiger partial charge in [0.2, 0.25) is 17.7 Å². The van der Waals surface area contributed by atoms with Gasteiger partial charge in [-0.3, -0.25) is 14.4 Å². The molecule has 3 aliphatic heterocycles. The van der Waals surface area contributed by atoms with Crippen molar-refractivity contribution in [3.63, 3.8) is 0 Å². The molecule has 3 saturated heterocycles. The summed E-state index contributed by atoms with van der Waals surface area (Å²) in [6.45, 7) is 14.9. The first-order valence-corrected chi connectivity index (χ1v) is 16.9. The maximum atomic E-state index is 14.9. The van der Waals surface area contributed by atoms with Crippen LogP contribution in [0.25, 0.3) is 0 Å². The summed E-state index contributed by atoms with van der Waals surface area (Å²) in [6.07, 6.45) is 6.39. The van der Waals surface area contributed by atoms with Crippen LogP contribution >= 0.6 is 0 Å². The molecule has 2 aromatic rings. The molecule has 0 saturated carbocycles. The molecule has 47 heavy (non-hydrogen) atoms. The summed E-state index contributed by atoms with van der Waals surface area (Å²) in [5.41, 5.74) is -0.570. The number of rotatable bonds is 16. The van der Waals surface area contributed by atoms with Gasteiger partial charge in [-0.15, -0.1) is 13.2 Å². The Balaban J connectivity index is 1.58. The lowest BCUT2D eigenvalue weighted by atomic mass is 9.66. The number of fused-ring (bicyclic) bond motifs is 1. The van der Waals surface area contributed by atoms with Gasteiger partial charge in [0.25, 0.3) is 0 Å². The van der Waals surface area contributed by atoms with Crippen molar-refractivity contribution < 1.29 is 29.0 Å². The number of amides is 3. The van der Waals surface area contributed by atoms with Crippen LogP contribution < -0.4 is 9.64 Å². The largest absolute Gasteiger partial charge is 0.494 e. The van der Waals surface area contributed by atoms with E-state index in [2.05, 4.69) is 20.1 Å². The average molecular weight is 644 g/mol. The van der Waals surface area contributed by atoms with Crippen molar-refractivity contribution in [2.75, 3.05) is 37.7 Å². The number of aliphatic hydroxyl groups excluding tert-OH is 1. The lowest BCUT2D eigenvalue weighted by Gasteiger charge is -2.39. The number of likely N-dealkylation sites (tertiary alicyclic amines) is 1. The number of carbonyl (C=O) groups is 3. The molecule has 1 spiro atoms. The minimum Gasteiger partial charge on any atom is -0.494 e. The molecule has 3 fully saturated rings. The summed E-state index contributed by atoms with van der Waals surface area (Å²) in [4.78, 5) is 49.3. The highest BCUT2D eigenvalue weighted by atomic mass is 16.5. The van der Waals surface area contributed by atoms with Gasteiger partial charge in [-0.05, 0) is 69.4 Å². The van der Waals surface area contributed by atoms with Crippen LogP contribution in [0, 0.1) is 11.8 Å². The molecule has 0 aromatic heterocycles. The highest BCUT2D eigenvalue weighted by Gasteiger charge is 2.78. The van der Waals surface area contributed by atoms with Crippen LogP contribution in [-0.4, -0.2) is 88.8 Å². The molecule has 3 amide bonds. The number of nitrogens with zero attached hydrogens (tertiary/aromatic N) is 3. The predicted octanol–water partition coefficient (Wildman–Crippen LogP) is 4.79. The second-order valence-corrected chi connectivity index (χ2v) is 13.1. The highest BCUT2D eigenvalue weighted by Crippen LogP contribution is 2.64. The van der Waals surface area contributed by atoms with E-state index in [1.807, 2.05) is 68.4 Å². The van der Waals surface area contributed by atoms with Crippen molar-refractivity contribution in [3.8, 4) is 5.75 Å². The fourth-order valence-electron chi connectivity index (χ4n) is 8.03. The Morgan fingerprint density at radius 3 is 2.38 bits per heavy atom. The van der Waals surface area contributed by atoms with Crippen LogP contribution in [0.3, 0.4) is 0 Å². The molecule has 2 aromatic carbocycles. The molecule has 3 heterocycles. The zero-order valence-corrected chi connectivity index (χ0v) is 28.0. The second-order valence-electron chi connectivity index (χ2n) is 13.1. The third kappa shape index (κ3) is 6.23. The van der Waals surface area contributed by atoms with E-state index in [9.17, 15) is 19.5 Å². The fourth-order valence-corrected chi connectivity index (χ4v) is 8.03. The first-order valence-electron chi connectivity index (χ1n) is 16.9. The number of hydrogen-bond donors (Lipinski definition) is 1. The molecule has 0 aliphatic carbocycles. The van der Waals surface area contributed by atoms with Crippen LogP contribution in [0.15, 0.2) is 79.9 Å². The SMILES string of the molecule is C=CCN(CCCC)C(=O)C1N([C@@H](CO)Cc2ccccc2)C(=O)[C@@H]2[C@@H](C(=O)N(CC=C)c3ccc(OCC)cc3)[C@@]3(C)CCC12O3. The van der Waals surface area contributed by atoms with Crippen LogP contribution in [0.4, 0.5) is 5.69 Å². The Hall–Kier alpha value is -3.95. The first-order chi connectivity index (χ1) is 22.7. The molecular formula is C38H49N3O6. The number of ether oxygens (including phenoxy) is 2. The quantitative estimate of drug-likeness (QED) is 0.264. The lowest BCUT2D eigenvalue weighted by molar-refractivity contribution is -0.154. The van der Waals surface area contributed by atoms with Crippen LogP contribution in [-0.2, 0) is 25.5 Å². The lowest BCUT2D eigenvalue weighted by Crippen LogP contribution is -2.59. The molecule has 6 atom stereocenters. The summed E-state index contributed by atoms with van der Waals surface area (Å²) in [5.74, 6) is -1.83.